The Morgan fingerprint density at radius 1 is 1.29 bits per heavy atom. The minimum absolute atomic E-state index is 0.0397. The number of nitrogens with zero attached hydrogens (tertiary/aromatic N) is 3. The van der Waals surface area contributed by atoms with Crippen LogP contribution >= 0.6 is 0 Å². The molecule has 0 radical (unpaired) electrons. The fourth-order valence-electron chi connectivity index (χ4n) is 1.39. The number of anilines is 1. The second-order valence-electron chi connectivity index (χ2n) is 4.16. The molecule has 0 spiro atoms. The normalized spacial score (nSPS) is 11.5. The molecule has 0 N–H and O–H groups in total. The number of hydrogen-bond acceptors (Lipinski definition) is 1. The van der Waals surface area contributed by atoms with Gasteiger partial charge in [-0.25, -0.2) is 0 Å². The van der Waals surface area contributed by atoms with Crippen molar-refractivity contribution in [1.29, 1.82) is 0 Å². The van der Waals surface area contributed by atoms with Crippen molar-refractivity contribution in [3.8, 4) is 0 Å². The van der Waals surface area contributed by atoms with E-state index in [0.29, 0.717) is 7.98 Å². The third kappa shape index (κ3) is 3.42. The zero-order valence-corrected chi connectivity index (χ0v) is 9.15. The summed E-state index contributed by atoms with van der Waals surface area (Å²) in [6.07, 6.45) is 4.44. The maximum atomic E-state index is 2.39. The average Bonchev–Trinajstić information content (AvgIpc) is 2.02. The van der Waals surface area contributed by atoms with E-state index in [1.165, 1.54) is 9.99 Å². The first-order valence-corrected chi connectivity index (χ1v) is 4.67. The van der Waals surface area contributed by atoms with Crippen LogP contribution in [-0.2, 0) is 0 Å². The van der Waals surface area contributed by atoms with E-state index in [0.717, 1.165) is 0 Å². The van der Waals surface area contributed by atoms with E-state index in [1.54, 1.807) is 0 Å². The molecule has 0 aromatic carbocycles. The molecule has 14 heavy (non-hydrogen) atoms. The van der Waals surface area contributed by atoms with Gasteiger partial charge in [-0.2, -0.15) is 0 Å². The molecular formula is C9H21B2N3. The highest BCUT2D eigenvalue weighted by Crippen LogP contribution is 2.05. The molecule has 0 amide bonds. The number of aromatic nitrogens is 1. The molecule has 0 atom stereocenters. The molecule has 5 heteroatoms. The predicted octanol–water partition coefficient (Wildman–Crippen LogP) is -1.76. The van der Waals surface area contributed by atoms with Gasteiger partial charge < -0.3 is 13.7 Å². The lowest BCUT2D eigenvalue weighted by Crippen LogP contribution is -2.57. The summed E-state index contributed by atoms with van der Waals surface area (Å²) in [6.45, 7) is 0. The molecule has 0 fully saturated rings. The lowest BCUT2D eigenvalue weighted by atomic mass is 9.97. The topological polar surface area (TPSA) is 7.12 Å². The van der Waals surface area contributed by atoms with Crippen LogP contribution in [0.25, 0.3) is 0 Å². The van der Waals surface area contributed by atoms with Crippen LogP contribution in [0.2, 0.25) is 0 Å². The molecule has 0 bridgehead atoms. The van der Waals surface area contributed by atoms with Gasteiger partial charge in [0.05, 0.1) is 0 Å². The summed E-state index contributed by atoms with van der Waals surface area (Å²) < 4.78 is 3.70. The summed E-state index contributed by atoms with van der Waals surface area (Å²) in [5.41, 5.74) is 1.28. The van der Waals surface area contributed by atoms with Crippen LogP contribution in [0, 0.1) is 0 Å². The highest BCUT2D eigenvalue weighted by molar-refractivity contribution is 6.23. The van der Waals surface area contributed by atoms with Crippen LogP contribution in [0.5, 0.6) is 0 Å². The zero-order valence-electron chi connectivity index (χ0n) is 9.15. The Bertz CT molecular complexity index is 290. The van der Waals surface area contributed by atoms with Crippen molar-refractivity contribution in [2.45, 2.75) is 0 Å². The number of quaternary nitrogens is 1. The minimum Gasteiger partial charge on any atom is -0.675 e. The molecule has 1 rings (SSSR count). The largest absolute Gasteiger partial charge is 0.675 e. The summed E-state index contributed by atoms with van der Waals surface area (Å²) in [6, 6.07) is 4.39. The maximum Gasteiger partial charge on any atom is 0.414 e. The lowest BCUT2D eigenvalue weighted by Gasteiger charge is -2.39. The number of hydrogen-bond donors (Lipinski definition) is 0. The molecule has 78 valence electrons. The van der Waals surface area contributed by atoms with Gasteiger partial charge in [0.1, 0.15) is 20.4 Å². The van der Waals surface area contributed by atoms with E-state index < -0.39 is 0 Å². The summed E-state index contributed by atoms with van der Waals surface area (Å²) >= 11 is 0. The Morgan fingerprint density at radius 3 is 2.14 bits per heavy atom. The number of rotatable bonds is 3. The van der Waals surface area contributed by atoms with Gasteiger partial charge in [-0.3, -0.25) is 0 Å². The molecule has 1 aromatic heterocycles. The van der Waals surface area contributed by atoms with Gasteiger partial charge in [0.15, 0.2) is 0 Å². The molecule has 1 aromatic rings. The molecule has 0 unspecified atom stereocenters. The fraction of sp³-hybridized carbons (Fsp3) is 0.444. The second kappa shape index (κ2) is 4.05. The van der Waals surface area contributed by atoms with Gasteiger partial charge in [0.25, 0.3) is 0 Å². The van der Waals surface area contributed by atoms with Crippen LogP contribution in [0.1, 0.15) is 0 Å². The third-order valence-corrected chi connectivity index (χ3v) is 2.11. The first-order valence-electron chi connectivity index (χ1n) is 4.67. The summed E-state index contributed by atoms with van der Waals surface area (Å²) in [5, 5.41) is 0. The van der Waals surface area contributed by atoms with Crippen LogP contribution in [0.15, 0.2) is 24.5 Å². The Kier molecular flexibility index (Phi) is 3.21. The molecule has 0 saturated carbocycles. The molecule has 1 heterocycles. The summed E-state index contributed by atoms with van der Waals surface area (Å²) in [7, 11) is 9.22. The summed E-state index contributed by atoms with van der Waals surface area (Å²) in [4.78, 5) is 2.14. The van der Waals surface area contributed by atoms with Gasteiger partial charge in [0, 0.05) is 31.9 Å². The van der Waals surface area contributed by atoms with E-state index in [4.69, 9.17) is 0 Å². The molecule has 0 aliphatic rings. The second-order valence-corrected chi connectivity index (χ2v) is 4.16. The third-order valence-electron chi connectivity index (χ3n) is 2.11. The van der Waals surface area contributed by atoms with Crippen molar-refractivity contribution in [1.82, 2.24) is 0 Å². The van der Waals surface area contributed by atoms with E-state index in [9.17, 15) is 0 Å². The highest BCUT2D eigenvalue weighted by atomic mass is 15.2. The molecule has 0 aliphatic carbocycles. The van der Waals surface area contributed by atoms with Crippen LogP contribution in [0.3, 0.4) is 0 Å². The van der Waals surface area contributed by atoms with E-state index in [1.807, 2.05) is 0 Å². The zero-order chi connectivity index (χ0) is 10.8. The predicted molar refractivity (Wildman–Crippen MR) is 67.0 cm³/mol. The van der Waals surface area contributed by atoms with Gasteiger partial charge in [-0.15, -0.1) is 0 Å². The van der Waals surface area contributed by atoms with Gasteiger partial charge in [-0.05, 0) is 14.1 Å². The lowest BCUT2D eigenvalue weighted by molar-refractivity contribution is -0.726. The monoisotopic (exact) mass is 193 g/mol. The van der Waals surface area contributed by atoms with Crippen molar-refractivity contribution in [3.63, 3.8) is 0 Å². The Labute approximate surface area is 88.3 Å². The van der Waals surface area contributed by atoms with Gasteiger partial charge >= 0.3 is 7.55 Å². The molecule has 0 saturated heterocycles. The van der Waals surface area contributed by atoms with Crippen molar-refractivity contribution in [2.75, 3.05) is 33.1 Å². The van der Waals surface area contributed by atoms with Crippen molar-refractivity contribution in [2.24, 2.45) is 0 Å². The van der Waals surface area contributed by atoms with Crippen LogP contribution in [-0.4, -0.2) is 48.0 Å². The quantitative estimate of drug-likeness (QED) is 0.516. The van der Waals surface area contributed by atoms with Crippen molar-refractivity contribution < 1.29 is 8.78 Å². The molecule has 3 nitrogen and oxygen atoms in total. The minimum atomic E-state index is -0.0397. The Morgan fingerprint density at radius 2 is 1.79 bits per heavy atom. The Hall–Kier alpha value is -0.960. The van der Waals surface area contributed by atoms with E-state index >= 15 is 0 Å². The standard InChI is InChI=1S/C9H21B2N3/c1-12(2)9-5-7-13(8-6-9)11-14(3,4)10/h5-8H,11H2,1-4,10H3. The van der Waals surface area contributed by atoms with E-state index in [2.05, 4.69) is 62.1 Å². The average molecular weight is 193 g/mol. The van der Waals surface area contributed by atoms with Crippen molar-refractivity contribution >= 4 is 21.2 Å². The van der Waals surface area contributed by atoms with Crippen molar-refractivity contribution in [3.05, 3.63) is 24.5 Å². The fourth-order valence-corrected chi connectivity index (χ4v) is 1.39. The first kappa shape index (κ1) is 11.1. The SMILES string of the molecule is [BH3-][N+](C)(C)[BH2-][n+]1ccc(N(C)C)cc1. The van der Waals surface area contributed by atoms with Gasteiger partial charge in [-0.1, -0.05) is 0 Å². The Balaban J connectivity index is 2.74. The van der Waals surface area contributed by atoms with Crippen LogP contribution in [0.4, 0.5) is 5.69 Å². The molecular weight excluding hydrogens is 172 g/mol. The van der Waals surface area contributed by atoms with Gasteiger partial charge in [0.2, 0.25) is 0 Å². The van der Waals surface area contributed by atoms with E-state index in [-0.39, 0.29) is 7.55 Å². The maximum absolute atomic E-state index is 2.39. The van der Waals surface area contributed by atoms with Crippen LogP contribution < -0.4 is 9.38 Å². The highest BCUT2D eigenvalue weighted by Gasteiger charge is 2.03. The smallest absolute Gasteiger partial charge is 0.414 e. The first-order chi connectivity index (χ1) is 6.38. The molecule has 0 aliphatic heterocycles. The number of pyridine rings is 1. The summed E-state index contributed by atoms with van der Waals surface area (Å²) in [5.74, 6) is 0.